The van der Waals surface area contributed by atoms with Crippen LogP contribution in [0.5, 0.6) is 11.5 Å². The number of morpholine rings is 1. The second-order valence-corrected chi connectivity index (χ2v) is 6.24. The first kappa shape index (κ1) is 19.7. The highest BCUT2D eigenvalue weighted by molar-refractivity contribution is 5.93. The van der Waals surface area contributed by atoms with Crippen molar-refractivity contribution in [2.75, 3.05) is 40.5 Å². The van der Waals surface area contributed by atoms with Gasteiger partial charge in [-0.05, 0) is 12.1 Å². The molecule has 1 atom stereocenters. The van der Waals surface area contributed by atoms with E-state index < -0.39 is 12.1 Å². The summed E-state index contributed by atoms with van der Waals surface area (Å²) in [4.78, 5) is 27.5. The maximum Gasteiger partial charge on any atom is 0.339 e. The molecule has 0 saturated carbocycles. The van der Waals surface area contributed by atoms with E-state index in [0.717, 1.165) is 0 Å². The van der Waals surface area contributed by atoms with Crippen LogP contribution < -0.4 is 9.47 Å². The second kappa shape index (κ2) is 9.23. The highest BCUT2D eigenvalue weighted by Gasteiger charge is 2.31. The van der Waals surface area contributed by atoms with Gasteiger partial charge in [0.1, 0.15) is 11.5 Å². The molecule has 28 heavy (non-hydrogen) atoms. The van der Waals surface area contributed by atoms with E-state index in [1.165, 1.54) is 14.2 Å². The molecule has 0 unspecified atom stereocenters. The molecule has 0 spiro atoms. The van der Waals surface area contributed by atoms with Gasteiger partial charge < -0.3 is 23.8 Å². The summed E-state index contributed by atoms with van der Waals surface area (Å²) < 4.78 is 21.4. The van der Waals surface area contributed by atoms with Gasteiger partial charge in [-0.3, -0.25) is 4.79 Å². The number of hydrogen-bond donors (Lipinski definition) is 0. The van der Waals surface area contributed by atoms with Crippen LogP contribution in [-0.4, -0.2) is 57.3 Å². The maximum absolute atomic E-state index is 13.1. The van der Waals surface area contributed by atoms with Crippen molar-refractivity contribution in [3.8, 4) is 11.5 Å². The lowest BCUT2D eigenvalue weighted by Crippen LogP contribution is -2.44. The summed E-state index contributed by atoms with van der Waals surface area (Å²) in [7, 11) is 3.00. The molecule has 1 saturated heterocycles. The Labute approximate surface area is 163 Å². The molecule has 0 bridgehead atoms. The number of hydrogen-bond acceptors (Lipinski definition) is 6. The molecule has 0 radical (unpaired) electrons. The van der Waals surface area contributed by atoms with E-state index in [-0.39, 0.29) is 11.5 Å². The normalized spacial score (nSPS) is 14.9. The van der Waals surface area contributed by atoms with E-state index >= 15 is 0 Å². The summed E-state index contributed by atoms with van der Waals surface area (Å²) in [6, 6.07) is 13.7. The molecule has 2 aromatic rings. The van der Waals surface area contributed by atoms with Crippen molar-refractivity contribution in [2.24, 2.45) is 0 Å². The molecule has 0 N–H and O–H groups in total. The molecule has 0 aliphatic carbocycles. The van der Waals surface area contributed by atoms with Crippen LogP contribution in [0.4, 0.5) is 0 Å². The zero-order valence-electron chi connectivity index (χ0n) is 15.9. The lowest BCUT2D eigenvalue weighted by molar-refractivity contribution is -0.145. The predicted octanol–water partition coefficient (Wildman–Crippen LogP) is 2.46. The van der Waals surface area contributed by atoms with E-state index in [9.17, 15) is 9.59 Å². The SMILES string of the molecule is COc1cc(OC)cc(C(=O)O[C@H](C(=O)N2CCOCC2)c2ccccc2)c1. The fourth-order valence-electron chi connectivity index (χ4n) is 2.94. The molecule has 148 valence electrons. The molecule has 1 aliphatic heterocycles. The quantitative estimate of drug-likeness (QED) is 0.711. The average Bonchev–Trinajstić information content (AvgIpc) is 2.77. The summed E-state index contributed by atoms with van der Waals surface area (Å²) in [5.41, 5.74) is 0.856. The number of methoxy groups -OCH3 is 2. The third-order valence-corrected chi connectivity index (χ3v) is 4.46. The van der Waals surface area contributed by atoms with Crippen LogP contribution in [0.3, 0.4) is 0 Å². The highest BCUT2D eigenvalue weighted by atomic mass is 16.5. The van der Waals surface area contributed by atoms with Crippen LogP contribution in [0.25, 0.3) is 0 Å². The van der Waals surface area contributed by atoms with Crippen molar-refractivity contribution < 1.29 is 28.5 Å². The van der Waals surface area contributed by atoms with Crippen LogP contribution in [0.1, 0.15) is 22.0 Å². The molecule has 7 nitrogen and oxygen atoms in total. The lowest BCUT2D eigenvalue weighted by atomic mass is 10.1. The Morgan fingerprint density at radius 1 is 0.964 bits per heavy atom. The molecule has 0 aromatic heterocycles. The van der Waals surface area contributed by atoms with Crippen LogP contribution in [0, 0.1) is 0 Å². The number of amides is 1. The highest BCUT2D eigenvalue weighted by Crippen LogP contribution is 2.26. The number of rotatable bonds is 6. The molecule has 1 amide bonds. The minimum absolute atomic E-state index is 0.243. The molecule has 3 rings (SSSR count). The second-order valence-electron chi connectivity index (χ2n) is 6.24. The minimum atomic E-state index is -1.04. The average molecular weight is 385 g/mol. The third kappa shape index (κ3) is 4.61. The fraction of sp³-hybridized carbons (Fsp3) is 0.333. The van der Waals surface area contributed by atoms with Crippen molar-refractivity contribution in [3.05, 3.63) is 59.7 Å². The lowest BCUT2D eigenvalue weighted by Gasteiger charge is -2.30. The summed E-state index contributed by atoms with van der Waals surface area (Å²) in [5, 5.41) is 0. The Hall–Kier alpha value is -3.06. The Kier molecular flexibility index (Phi) is 6.49. The maximum atomic E-state index is 13.1. The molecule has 7 heteroatoms. The van der Waals surface area contributed by atoms with Gasteiger partial charge in [0.25, 0.3) is 5.91 Å². The van der Waals surface area contributed by atoms with Gasteiger partial charge in [0.05, 0.1) is 33.0 Å². The molecular formula is C21H23NO6. The zero-order chi connectivity index (χ0) is 19.9. The van der Waals surface area contributed by atoms with Crippen molar-refractivity contribution in [2.45, 2.75) is 6.10 Å². The molecular weight excluding hydrogens is 362 g/mol. The summed E-state index contributed by atoms with van der Waals surface area (Å²) in [6.45, 7) is 1.86. The Morgan fingerprint density at radius 3 is 2.14 bits per heavy atom. The standard InChI is InChI=1S/C21H23NO6/c1-25-17-12-16(13-18(14-17)26-2)21(24)28-19(15-6-4-3-5-7-15)20(23)22-8-10-27-11-9-22/h3-7,12-14,19H,8-11H2,1-2H3/t19-/m0/s1. The van der Waals surface area contributed by atoms with Gasteiger partial charge in [0, 0.05) is 24.7 Å². The van der Waals surface area contributed by atoms with Gasteiger partial charge in [-0.15, -0.1) is 0 Å². The van der Waals surface area contributed by atoms with Gasteiger partial charge >= 0.3 is 5.97 Å². The first-order chi connectivity index (χ1) is 13.6. The van der Waals surface area contributed by atoms with E-state index in [2.05, 4.69) is 0 Å². The van der Waals surface area contributed by atoms with Gasteiger partial charge in [-0.25, -0.2) is 4.79 Å². The molecule has 1 heterocycles. The van der Waals surface area contributed by atoms with Crippen molar-refractivity contribution in [1.82, 2.24) is 4.90 Å². The van der Waals surface area contributed by atoms with Gasteiger partial charge in [-0.1, -0.05) is 30.3 Å². The number of esters is 1. The Balaban J connectivity index is 1.87. The summed E-state index contributed by atoms with van der Waals surface area (Å²) in [5.74, 6) is 0.0227. The molecule has 1 fully saturated rings. The number of carbonyl (C=O) groups is 2. The smallest absolute Gasteiger partial charge is 0.339 e. The topological polar surface area (TPSA) is 74.3 Å². The first-order valence-corrected chi connectivity index (χ1v) is 8.98. The minimum Gasteiger partial charge on any atom is -0.497 e. The van der Waals surface area contributed by atoms with Crippen LogP contribution >= 0.6 is 0 Å². The van der Waals surface area contributed by atoms with E-state index in [4.69, 9.17) is 18.9 Å². The first-order valence-electron chi connectivity index (χ1n) is 8.98. The van der Waals surface area contributed by atoms with Crippen molar-refractivity contribution in [1.29, 1.82) is 0 Å². The summed E-state index contributed by atoms with van der Waals surface area (Å²) >= 11 is 0. The van der Waals surface area contributed by atoms with Crippen LogP contribution in [-0.2, 0) is 14.3 Å². The van der Waals surface area contributed by atoms with Crippen molar-refractivity contribution >= 4 is 11.9 Å². The third-order valence-electron chi connectivity index (χ3n) is 4.46. The fourth-order valence-corrected chi connectivity index (χ4v) is 2.94. The number of nitrogens with zero attached hydrogens (tertiary/aromatic N) is 1. The number of benzene rings is 2. The number of carbonyl (C=O) groups excluding carboxylic acids is 2. The van der Waals surface area contributed by atoms with E-state index in [1.807, 2.05) is 6.07 Å². The Morgan fingerprint density at radius 2 is 1.57 bits per heavy atom. The molecule has 1 aliphatic rings. The Bertz CT molecular complexity index is 795. The number of ether oxygens (including phenoxy) is 4. The van der Waals surface area contributed by atoms with Gasteiger partial charge in [0.15, 0.2) is 0 Å². The van der Waals surface area contributed by atoms with Crippen LogP contribution in [0.2, 0.25) is 0 Å². The monoisotopic (exact) mass is 385 g/mol. The van der Waals surface area contributed by atoms with E-state index in [1.54, 1.807) is 47.4 Å². The summed E-state index contributed by atoms with van der Waals surface area (Å²) in [6.07, 6.45) is -1.04. The zero-order valence-corrected chi connectivity index (χ0v) is 15.9. The van der Waals surface area contributed by atoms with Gasteiger partial charge in [0.2, 0.25) is 6.10 Å². The molecule has 2 aromatic carbocycles. The predicted molar refractivity (Wildman–Crippen MR) is 102 cm³/mol. The largest absolute Gasteiger partial charge is 0.497 e. The van der Waals surface area contributed by atoms with E-state index in [0.29, 0.717) is 43.4 Å². The van der Waals surface area contributed by atoms with Crippen LogP contribution in [0.15, 0.2) is 48.5 Å². The van der Waals surface area contributed by atoms with Crippen molar-refractivity contribution in [3.63, 3.8) is 0 Å². The van der Waals surface area contributed by atoms with Gasteiger partial charge in [-0.2, -0.15) is 0 Å².